The zero-order valence-electron chi connectivity index (χ0n) is 6.42. The molecule has 68 valence electrons. The fraction of sp³-hybridized carbons (Fsp3) is 1.00. The maximum absolute atomic E-state index is 11.8. The Balaban J connectivity index is 3.16. The molecule has 0 saturated carbocycles. The summed E-state index contributed by atoms with van der Waals surface area (Å²) >= 11 is 0. The largest absolute Gasteiger partial charge is 0.330 e. The number of rotatable bonds is 6. The summed E-state index contributed by atoms with van der Waals surface area (Å²) in [7, 11) is -4.24. The molecule has 0 saturated heterocycles. The molecule has 0 atom stereocenters. The standard InChI is InChI=1S/C6H14FNO2S/c7-11(9,10)6-4-2-1-3-5-8/h1-6,8H2. The fourth-order valence-corrected chi connectivity index (χ4v) is 1.32. The molecule has 0 aromatic rings. The monoisotopic (exact) mass is 183 g/mol. The first kappa shape index (κ1) is 10.8. The third-order valence-corrected chi connectivity index (χ3v) is 2.12. The third-order valence-electron chi connectivity index (χ3n) is 1.34. The number of halogens is 1. The highest BCUT2D eigenvalue weighted by Gasteiger charge is 2.04. The van der Waals surface area contributed by atoms with Crippen molar-refractivity contribution in [3.8, 4) is 0 Å². The Bertz CT molecular complexity index is 179. The van der Waals surface area contributed by atoms with E-state index in [9.17, 15) is 12.3 Å². The van der Waals surface area contributed by atoms with Gasteiger partial charge in [-0.1, -0.05) is 12.8 Å². The molecule has 0 aromatic carbocycles. The molecule has 0 rings (SSSR count). The molecule has 5 heteroatoms. The molecule has 0 spiro atoms. The van der Waals surface area contributed by atoms with Gasteiger partial charge in [0, 0.05) is 0 Å². The molecule has 11 heavy (non-hydrogen) atoms. The van der Waals surface area contributed by atoms with E-state index in [1.165, 1.54) is 0 Å². The van der Waals surface area contributed by atoms with Gasteiger partial charge in [0.2, 0.25) is 0 Å². The zero-order valence-corrected chi connectivity index (χ0v) is 7.24. The van der Waals surface area contributed by atoms with Crippen LogP contribution < -0.4 is 5.73 Å². The lowest BCUT2D eigenvalue weighted by Crippen LogP contribution is -2.00. The molecule has 3 nitrogen and oxygen atoms in total. The molecule has 0 fully saturated rings. The van der Waals surface area contributed by atoms with Crippen LogP contribution in [-0.4, -0.2) is 20.7 Å². The highest BCUT2D eigenvalue weighted by atomic mass is 32.3. The van der Waals surface area contributed by atoms with Crippen LogP contribution in [0.15, 0.2) is 0 Å². The van der Waals surface area contributed by atoms with Gasteiger partial charge in [-0.2, -0.15) is 8.42 Å². The van der Waals surface area contributed by atoms with Gasteiger partial charge in [0.15, 0.2) is 0 Å². The molecule has 0 aliphatic rings. The number of nitrogens with two attached hydrogens (primary N) is 1. The first-order valence-electron chi connectivity index (χ1n) is 3.68. The van der Waals surface area contributed by atoms with Crippen molar-refractivity contribution in [2.75, 3.05) is 12.3 Å². The van der Waals surface area contributed by atoms with Gasteiger partial charge in [-0.15, -0.1) is 3.89 Å². The molecule has 0 amide bonds. The molecular weight excluding hydrogens is 169 g/mol. The van der Waals surface area contributed by atoms with Crippen LogP contribution in [0, 0.1) is 0 Å². The molecular formula is C6H14FNO2S. The molecule has 0 aliphatic heterocycles. The normalized spacial score (nSPS) is 11.8. The Kier molecular flexibility index (Phi) is 5.41. The second-order valence-corrected chi connectivity index (χ2v) is 3.93. The Morgan fingerprint density at radius 2 is 1.64 bits per heavy atom. The van der Waals surface area contributed by atoms with E-state index in [0.717, 1.165) is 19.3 Å². The van der Waals surface area contributed by atoms with Crippen molar-refractivity contribution in [1.82, 2.24) is 0 Å². The van der Waals surface area contributed by atoms with Crippen LogP contribution in [0.1, 0.15) is 25.7 Å². The van der Waals surface area contributed by atoms with Crippen LogP contribution in [0.3, 0.4) is 0 Å². The van der Waals surface area contributed by atoms with E-state index in [4.69, 9.17) is 5.73 Å². The lowest BCUT2D eigenvalue weighted by Gasteiger charge is -1.95. The number of hydrogen-bond acceptors (Lipinski definition) is 3. The molecule has 0 unspecified atom stereocenters. The Morgan fingerprint density at radius 1 is 1.09 bits per heavy atom. The smallest absolute Gasteiger partial charge is 0.302 e. The van der Waals surface area contributed by atoms with Crippen LogP contribution in [-0.2, 0) is 10.2 Å². The summed E-state index contributed by atoms with van der Waals surface area (Å²) in [4.78, 5) is 0. The fourth-order valence-electron chi connectivity index (χ4n) is 0.772. The molecule has 0 heterocycles. The van der Waals surface area contributed by atoms with Gasteiger partial charge < -0.3 is 5.73 Å². The summed E-state index contributed by atoms with van der Waals surface area (Å²) in [5.41, 5.74) is 5.20. The minimum absolute atomic E-state index is 0.350. The van der Waals surface area contributed by atoms with Crippen molar-refractivity contribution in [3.05, 3.63) is 0 Å². The van der Waals surface area contributed by atoms with Gasteiger partial charge in [-0.25, -0.2) is 0 Å². The van der Waals surface area contributed by atoms with Crippen molar-refractivity contribution in [1.29, 1.82) is 0 Å². The molecule has 0 aliphatic carbocycles. The van der Waals surface area contributed by atoms with Gasteiger partial charge in [-0.3, -0.25) is 0 Å². The van der Waals surface area contributed by atoms with Gasteiger partial charge in [0.1, 0.15) is 0 Å². The zero-order chi connectivity index (χ0) is 8.74. The Hall–Kier alpha value is -0.160. The molecule has 2 N–H and O–H groups in total. The van der Waals surface area contributed by atoms with Gasteiger partial charge in [0.05, 0.1) is 5.75 Å². The SMILES string of the molecule is NCCCCCCS(=O)(=O)F. The summed E-state index contributed by atoms with van der Waals surface area (Å²) in [6, 6.07) is 0. The summed E-state index contributed by atoms with van der Waals surface area (Å²) in [5.74, 6) is -0.350. The van der Waals surface area contributed by atoms with E-state index in [0.29, 0.717) is 13.0 Å². The summed E-state index contributed by atoms with van der Waals surface area (Å²) in [6.45, 7) is 0.613. The van der Waals surface area contributed by atoms with Crippen LogP contribution in [0.25, 0.3) is 0 Å². The second kappa shape index (κ2) is 5.49. The lowest BCUT2D eigenvalue weighted by molar-refractivity contribution is 0.545. The van der Waals surface area contributed by atoms with E-state index in [-0.39, 0.29) is 5.75 Å². The maximum Gasteiger partial charge on any atom is 0.302 e. The van der Waals surface area contributed by atoms with Gasteiger partial charge in [-0.05, 0) is 19.4 Å². The van der Waals surface area contributed by atoms with Crippen molar-refractivity contribution in [2.45, 2.75) is 25.7 Å². The highest BCUT2D eigenvalue weighted by Crippen LogP contribution is 2.02. The van der Waals surface area contributed by atoms with Crippen molar-refractivity contribution in [2.24, 2.45) is 5.73 Å². The predicted molar refractivity (Wildman–Crippen MR) is 42.4 cm³/mol. The molecule has 0 radical (unpaired) electrons. The van der Waals surface area contributed by atoms with E-state index in [2.05, 4.69) is 0 Å². The van der Waals surface area contributed by atoms with E-state index >= 15 is 0 Å². The predicted octanol–water partition coefficient (Wildman–Crippen LogP) is 0.805. The summed E-state index contributed by atoms with van der Waals surface area (Å²) in [6.07, 6.45) is 2.90. The first-order valence-corrected chi connectivity index (χ1v) is 5.24. The van der Waals surface area contributed by atoms with Crippen LogP contribution >= 0.6 is 0 Å². The van der Waals surface area contributed by atoms with Crippen molar-refractivity contribution in [3.63, 3.8) is 0 Å². The number of hydrogen-bond donors (Lipinski definition) is 1. The van der Waals surface area contributed by atoms with Crippen molar-refractivity contribution >= 4 is 10.2 Å². The maximum atomic E-state index is 11.8. The minimum atomic E-state index is -4.24. The number of unbranched alkanes of at least 4 members (excludes halogenated alkanes) is 3. The first-order chi connectivity index (χ1) is 5.06. The molecule has 0 bridgehead atoms. The quantitative estimate of drug-likeness (QED) is 0.489. The average Bonchev–Trinajstić information content (AvgIpc) is 1.85. The van der Waals surface area contributed by atoms with Crippen LogP contribution in [0.2, 0.25) is 0 Å². The third kappa shape index (κ3) is 9.84. The Labute approximate surface area is 67.0 Å². The average molecular weight is 183 g/mol. The summed E-state index contributed by atoms with van der Waals surface area (Å²) in [5, 5.41) is 0. The van der Waals surface area contributed by atoms with Crippen LogP contribution in [0.5, 0.6) is 0 Å². The van der Waals surface area contributed by atoms with Crippen LogP contribution in [0.4, 0.5) is 3.89 Å². The Morgan fingerprint density at radius 3 is 2.09 bits per heavy atom. The second-order valence-electron chi connectivity index (χ2n) is 2.45. The van der Waals surface area contributed by atoms with E-state index in [1.54, 1.807) is 0 Å². The molecule has 0 aromatic heterocycles. The van der Waals surface area contributed by atoms with Gasteiger partial charge >= 0.3 is 10.2 Å². The summed E-state index contributed by atoms with van der Waals surface area (Å²) < 4.78 is 31.8. The van der Waals surface area contributed by atoms with Crippen molar-refractivity contribution < 1.29 is 12.3 Å². The van der Waals surface area contributed by atoms with E-state index in [1.807, 2.05) is 0 Å². The topological polar surface area (TPSA) is 60.2 Å². The lowest BCUT2D eigenvalue weighted by atomic mass is 10.2. The minimum Gasteiger partial charge on any atom is -0.330 e. The highest BCUT2D eigenvalue weighted by molar-refractivity contribution is 7.86. The van der Waals surface area contributed by atoms with Gasteiger partial charge in [0.25, 0.3) is 0 Å². The van der Waals surface area contributed by atoms with E-state index < -0.39 is 10.2 Å².